The van der Waals surface area contributed by atoms with Crippen LogP contribution in [0.1, 0.15) is 5.56 Å². The fourth-order valence-electron chi connectivity index (χ4n) is 1.23. The predicted molar refractivity (Wildman–Crippen MR) is 74.3 cm³/mol. The largest absolute Gasteiger partial charge is 0.252 e. The van der Waals surface area contributed by atoms with Gasteiger partial charge in [-0.1, -0.05) is 11.6 Å². The van der Waals surface area contributed by atoms with E-state index in [0.29, 0.717) is 4.34 Å². The molecule has 0 unspecified atom stereocenters. The number of nitrogens with zero attached hydrogens (tertiary/aromatic N) is 1. The summed E-state index contributed by atoms with van der Waals surface area (Å²) in [4.78, 5) is 0. The van der Waals surface area contributed by atoms with Crippen molar-refractivity contribution in [2.24, 2.45) is 0 Å². The average molecular weight is 337 g/mol. The van der Waals surface area contributed by atoms with Crippen molar-refractivity contribution in [1.29, 1.82) is 0 Å². The van der Waals surface area contributed by atoms with Gasteiger partial charge in [-0.15, -0.1) is 34.5 Å². The molecule has 0 aliphatic heterocycles. The normalized spacial score (nSPS) is 12.3. The Morgan fingerprint density at radius 3 is 2.18 bits per heavy atom. The fraction of sp³-hybridized carbons (Fsp3) is 0.556. The van der Waals surface area contributed by atoms with Crippen molar-refractivity contribution < 1.29 is 8.42 Å². The minimum absolute atomic E-state index is 0.230. The molecule has 0 saturated heterocycles. The lowest BCUT2D eigenvalue weighted by Crippen LogP contribution is -2.34. The number of halogens is 3. The summed E-state index contributed by atoms with van der Waals surface area (Å²) in [6, 6.07) is 1.57. The van der Waals surface area contributed by atoms with Crippen LogP contribution in [0, 0.1) is 6.92 Å². The van der Waals surface area contributed by atoms with E-state index < -0.39 is 10.0 Å². The minimum Gasteiger partial charge on any atom is -0.206 e. The first-order valence-corrected chi connectivity index (χ1v) is 8.52. The molecule has 1 heterocycles. The molecule has 8 heteroatoms. The zero-order valence-corrected chi connectivity index (χ0v) is 13.0. The van der Waals surface area contributed by atoms with Crippen molar-refractivity contribution in [1.82, 2.24) is 4.31 Å². The van der Waals surface area contributed by atoms with E-state index in [-0.39, 0.29) is 29.1 Å². The van der Waals surface area contributed by atoms with E-state index in [1.165, 1.54) is 4.31 Å². The number of rotatable bonds is 6. The Morgan fingerprint density at radius 2 is 1.82 bits per heavy atom. The molecule has 17 heavy (non-hydrogen) atoms. The number of thiophene rings is 1. The molecule has 0 radical (unpaired) electrons. The molecule has 0 amide bonds. The first-order valence-electron chi connectivity index (χ1n) is 4.81. The molecule has 1 aromatic rings. The van der Waals surface area contributed by atoms with Crippen LogP contribution in [0.15, 0.2) is 10.3 Å². The molecule has 1 aromatic heterocycles. The lowest BCUT2D eigenvalue weighted by Gasteiger charge is -2.18. The van der Waals surface area contributed by atoms with Gasteiger partial charge in [0.25, 0.3) is 10.0 Å². The summed E-state index contributed by atoms with van der Waals surface area (Å²) in [6.45, 7) is 2.25. The Bertz CT molecular complexity index is 447. The molecule has 0 atom stereocenters. The fourth-order valence-corrected chi connectivity index (χ4v) is 5.14. The van der Waals surface area contributed by atoms with Crippen LogP contribution in [0.5, 0.6) is 0 Å². The summed E-state index contributed by atoms with van der Waals surface area (Å²) in [7, 11) is -3.53. The molecular formula is C9H12Cl3NO2S2. The second-order valence-electron chi connectivity index (χ2n) is 3.30. The first kappa shape index (κ1) is 15.5. The Hall–Kier alpha value is 0.480. The van der Waals surface area contributed by atoms with Crippen LogP contribution in [0.4, 0.5) is 0 Å². The topological polar surface area (TPSA) is 37.4 Å². The van der Waals surface area contributed by atoms with Gasteiger partial charge in [0.15, 0.2) is 0 Å². The smallest absolute Gasteiger partial charge is 0.206 e. The van der Waals surface area contributed by atoms with Crippen molar-refractivity contribution in [2.75, 3.05) is 24.8 Å². The number of sulfonamides is 1. The maximum atomic E-state index is 12.2. The Balaban J connectivity index is 3.06. The maximum absolute atomic E-state index is 12.2. The van der Waals surface area contributed by atoms with E-state index in [0.717, 1.165) is 16.9 Å². The van der Waals surface area contributed by atoms with Gasteiger partial charge in [0.1, 0.15) is 4.21 Å². The molecule has 0 N–H and O–H groups in total. The minimum atomic E-state index is -3.53. The van der Waals surface area contributed by atoms with Crippen LogP contribution < -0.4 is 0 Å². The lowest BCUT2D eigenvalue weighted by atomic mass is 10.4. The van der Waals surface area contributed by atoms with Crippen molar-refractivity contribution in [3.63, 3.8) is 0 Å². The highest BCUT2D eigenvalue weighted by molar-refractivity contribution is 7.91. The monoisotopic (exact) mass is 335 g/mol. The van der Waals surface area contributed by atoms with E-state index in [1.807, 2.05) is 0 Å². The van der Waals surface area contributed by atoms with Crippen molar-refractivity contribution in [3.05, 3.63) is 16.0 Å². The Morgan fingerprint density at radius 1 is 1.29 bits per heavy atom. The van der Waals surface area contributed by atoms with E-state index in [2.05, 4.69) is 0 Å². The maximum Gasteiger partial charge on any atom is 0.252 e. The van der Waals surface area contributed by atoms with E-state index in [9.17, 15) is 8.42 Å². The first-order chi connectivity index (χ1) is 7.93. The molecule has 0 bridgehead atoms. The molecule has 0 fully saturated rings. The third kappa shape index (κ3) is 3.72. The highest BCUT2D eigenvalue weighted by atomic mass is 35.5. The number of alkyl halides is 2. The van der Waals surface area contributed by atoms with Crippen molar-refractivity contribution in [3.8, 4) is 0 Å². The summed E-state index contributed by atoms with van der Waals surface area (Å²) in [5, 5.41) is 0. The summed E-state index contributed by atoms with van der Waals surface area (Å²) < 4.78 is 26.5. The highest BCUT2D eigenvalue weighted by Gasteiger charge is 2.26. The average Bonchev–Trinajstić information content (AvgIpc) is 2.59. The zero-order chi connectivity index (χ0) is 13.1. The Kier molecular flexibility index (Phi) is 6.02. The summed E-state index contributed by atoms with van der Waals surface area (Å²) >= 11 is 18.1. The predicted octanol–water partition coefficient (Wildman–Crippen LogP) is 3.18. The molecule has 1 rings (SSSR count). The molecule has 0 spiro atoms. The van der Waals surface area contributed by atoms with Gasteiger partial charge in [-0.3, -0.25) is 0 Å². The van der Waals surface area contributed by atoms with Crippen LogP contribution in [-0.4, -0.2) is 37.6 Å². The standard InChI is InChI=1S/C9H12Cl3NO2S2/c1-7-6-8(16-9(7)12)17(14,15)13(4-2-10)5-3-11/h6H,2-5H2,1H3. The van der Waals surface area contributed by atoms with E-state index in [4.69, 9.17) is 34.8 Å². The molecule has 0 aromatic carbocycles. The van der Waals surface area contributed by atoms with Crippen LogP contribution in [0.2, 0.25) is 4.34 Å². The van der Waals surface area contributed by atoms with Crippen LogP contribution in [0.3, 0.4) is 0 Å². The number of aryl methyl sites for hydroxylation is 1. The van der Waals surface area contributed by atoms with Crippen LogP contribution >= 0.6 is 46.1 Å². The van der Waals surface area contributed by atoms with Gasteiger partial charge in [0.05, 0.1) is 4.34 Å². The van der Waals surface area contributed by atoms with Crippen LogP contribution in [-0.2, 0) is 10.0 Å². The highest BCUT2D eigenvalue weighted by Crippen LogP contribution is 2.31. The van der Waals surface area contributed by atoms with Gasteiger partial charge >= 0.3 is 0 Å². The van der Waals surface area contributed by atoms with Crippen LogP contribution in [0.25, 0.3) is 0 Å². The molecule has 0 saturated carbocycles. The molecule has 98 valence electrons. The van der Waals surface area contributed by atoms with Crippen molar-refractivity contribution in [2.45, 2.75) is 11.1 Å². The summed E-state index contributed by atoms with van der Waals surface area (Å²) in [5.74, 6) is 0.461. The van der Waals surface area contributed by atoms with E-state index >= 15 is 0 Å². The summed E-state index contributed by atoms with van der Waals surface area (Å²) in [5.41, 5.74) is 0.756. The molecule has 0 aliphatic carbocycles. The molecule has 3 nitrogen and oxygen atoms in total. The van der Waals surface area contributed by atoms with Crippen molar-refractivity contribution >= 4 is 56.2 Å². The molecular weight excluding hydrogens is 325 g/mol. The van der Waals surface area contributed by atoms with E-state index in [1.54, 1.807) is 13.0 Å². The lowest BCUT2D eigenvalue weighted by molar-refractivity contribution is 0.450. The number of hydrogen-bond acceptors (Lipinski definition) is 3. The van der Waals surface area contributed by atoms with Gasteiger partial charge < -0.3 is 0 Å². The van der Waals surface area contributed by atoms with Gasteiger partial charge in [0.2, 0.25) is 0 Å². The van der Waals surface area contributed by atoms with Gasteiger partial charge in [0, 0.05) is 24.8 Å². The third-order valence-electron chi connectivity index (χ3n) is 2.10. The molecule has 0 aliphatic rings. The van der Waals surface area contributed by atoms with Gasteiger partial charge in [-0.05, 0) is 18.6 Å². The second kappa shape index (κ2) is 6.59. The number of hydrogen-bond donors (Lipinski definition) is 0. The SMILES string of the molecule is Cc1cc(S(=O)(=O)N(CCCl)CCCl)sc1Cl. The third-order valence-corrected chi connectivity index (χ3v) is 6.34. The summed E-state index contributed by atoms with van der Waals surface area (Å²) in [6.07, 6.45) is 0. The van der Waals surface area contributed by atoms with Gasteiger partial charge in [-0.25, -0.2) is 8.42 Å². The second-order valence-corrected chi connectivity index (χ2v) is 7.88. The van der Waals surface area contributed by atoms with Gasteiger partial charge in [-0.2, -0.15) is 4.31 Å². The Labute approximate surface area is 120 Å². The quantitative estimate of drug-likeness (QED) is 0.748. The zero-order valence-electron chi connectivity index (χ0n) is 9.12.